The van der Waals surface area contributed by atoms with Crippen molar-refractivity contribution in [3.63, 3.8) is 0 Å². The average molecular weight is 541 g/mol. The van der Waals surface area contributed by atoms with Crippen LogP contribution in [0.4, 0.5) is 0 Å². The van der Waals surface area contributed by atoms with Crippen molar-refractivity contribution in [2.45, 2.75) is 114 Å². The van der Waals surface area contributed by atoms with Crippen molar-refractivity contribution in [3.8, 4) is 5.75 Å². The monoisotopic (exact) mass is 540 g/mol. The molecule has 0 unspecified atom stereocenters. The van der Waals surface area contributed by atoms with Gasteiger partial charge in [0.05, 0.1) is 17.1 Å². The van der Waals surface area contributed by atoms with E-state index < -0.39 is 46.2 Å². The Kier molecular flexibility index (Phi) is 5.63. The fraction of sp³-hybridized carbons (Fsp3) is 0.677. The third kappa shape index (κ3) is 3.26. The molecule has 3 saturated carbocycles. The van der Waals surface area contributed by atoms with E-state index in [1.54, 1.807) is 0 Å². The lowest BCUT2D eigenvalue weighted by molar-refractivity contribution is -0.268. The fourth-order valence-corrected chi connectivity index (χ4v) is 9.42. The minimum Gasteiger partial charge on any atom is -0.508 e. The molecule has 0 radical (unpaired) electrons. The zero-order valence-electron chi connectivity index (χ0n) is 23.5. The molecular formula is C31H40O8. The first kappa shape index (κ1) is 26.9. The fourth-order valence-electron chi connectivity index (χ4n) is 9.42. The summed E-state index contributed by atoms with van der Waals surface area (Å²) in [7, 11) is 0. The van der Waals surface area contributed by atoms with Crippen molar-refractivity contribution >= 4 is 11.8 Å². The Morgan fingerprint density at radius 3 is 2.38 bits per heavy atom. The van der Waals surface area contributed by atoms with E-state index in [1.807, 2.05) is 20.8 Å². The normalized spacial score (nSPS) is 45.8. The molecule has 0 aromatic heterocycles. The van der Waals surface area contributed by atoms with Crippen LogP contribution in [0.1, 0.15) is 89.9 Å². The van der Waals surface area contributed by atoms with Gasteiger partial charge in [-0.1, -0.05) is 18.6 Å². The van der Waals surface area contributed by atoms with Crippen LogP contribution in [0.15, 0.2) is 35.9 Å². The second-order valence-electron chi connectivity index (χ2n) is 13.4. The van der Waals surface area contributed by atoms with Crippen molar-refractivity contribution in [3.05, 3.63) is 41.5 Å². The summed E-state index contributed by atoms with van der Waals surface area (Å²) < 4.78 is 20.2. The predicted octanol–water partition coefficient (Wildman–Crippen LogP) is 4.20. The minimum absolute atomic E-state index is 0.0364. The van der Waals surface area contributed by atoms with Crippen molar-refractivity contribution in [1.82, 2.24) is 0 Å². The average Bonchev–Trinajstić information content (AvgIpc) is 3.26. The second kappa shape index (κ2) is 8.15. The van der Waals surface area contributed by atoms with E-state index in [1.165, 1.54) is 36.8 Å². The first-order valence-corrected chi connectivity index (χ1v) is 14.2. The summed E-state index contributed by atoms with van der Waals surface area (Å²) in [5.41, 5.74) is -3.92. The van der Waals surface area contributed by atoms with Crippen LogP contribution >= 0.6 is 0 Å². The van der Waals surface area contributed by atoms with Crippen LogP contribution in [0, 0.1) is 16.7 Å². The highest BCUT2D eigenvalue weighted by atomic mass is 16.8. The number of carbonyl (C=O) groups is 2. The highest BCUT2D eigenvalue weighted by Crippen LogP contribution is 2.76. The van der Waals surface area contributed by atoms with Gasteiger partial charge in [-0.2, -0.15) is 0 Å². The lowest BCUT2D eigenvalue weighted by Gasteiger charge is -2.66. The number of ether oxygens (including phenoxy) is 3. The van der Waals surface area contributed by atoms with E-state index in [0.717, 1.165) is 6.42 Å². The van der Waals surface area contributed by atoms with Crippen LogP contribution in [-0.4, -0.2) is 61.9 Å². The van der Waals surface area contributed by atoms with Gasteiger partial charge in [0.25, 0.3) is 0 Å². The molecule has 0 bridgehead atoms. The van der Waals surface area contributed by atoms with Crippen molar-refractivity contribution in [2.75, 3.05) is 0 Å². The van der Waals surface area contributed by atoms with E-state index in [-0.39, 0.29) is 34.8 Å². The van der Waals surface area contributed by atoms with Gasteiger partial charge in [0.15, 0.2) is 11.6 Å². The Labute approximate surface area is 229 Å². The lowest BCUT2D eigenvalue weighted by Crippen LogP contribution is -2.77. The van der Waals surface area contributed by atoms with Gasteiger partial charge in [-0.25, -0.2) is 4.79 Å². The predicted molar refractivity (Wildman–Crippen MR) is 141 cm³/mol. The topological polar surface area (TPSA) is 123 Å². The SMILES string of the molecule is CC(=O)[C@]1(O)CC[C@]23OC(C)(C)O[C@]24CC=C2C[C@@H](O)CC[C@]2(C)[C@H]4C[C@@H](OC(=O)c2ccc(O)cc2)[C@@]31C. The number of aliphatic hydroxyl groups is 2. The van der Waals surface area contributed by atoms with Crippen molar-refractivity contribution in [1.29, 1.82) is 0 Å². The molecule has 2 spiro atoms. The third-order valence-corrected chi connectivity index (χ3v) is 11.3. The van der Waals surface area contributed by atoms with Crippen LogP contribution in [0.2, 0.25) is 0 Å². The van der Waals surface area contributed by atoms with Gasteiger partial charge in [-0.3, -0.25) is 4.79 Å². The quantitative estimate of drug-likeness (QED) is 0.385. The number of aliphatic hydroxyl groups excluding tert-OH is 1. The molecule has 1 aliphatic heterocycles. The number of aromatic hydroxyl groups is 1. The van der Waals surface area contributed by atoms with Crippen LogP contribution in [0.3, 0.4) is 0 Å². The van der Waals surface area contributed by atoms with E-state index in [2.05, 4.69) is 13.0 Å². The van der Waals surface area contributed by atoms with E-state index in [4.69, 9.17) is 14.2 Å². The highest BCUT2D eigenvalue weighted by molar-refractivity contribution is 5.90. The molecule has 8 atom stereocenters. The van der Waals surface area contributed by atoms with Gasteiger partial charge in [0.2, 0.25) is 0 Å². The molecule has 39 heavy (non-hydrogen) atoms. The molecule has 4 fully saturated rings. The molecule has 6 rings (SSSR count). The van der Waals surface area contributed by atoms with Gasteiger partial charge < -0.3 is 29.5 Å². The summed E-state index contributed by atoms with van der Waals surface area (Å²) >= 11 is 0. The molecule has 4 aliphatic carbocycles. The number of fused-ring (bicyclic) bond motifs is 2. The zero-order valence-corrected chi connectivity index (χ0v) is 23.5. The van der Waals surface area contributed by atoms with Crippen molar-refractivity contribution in [2.24, 2.45) is 16.7 Å². The molecule has 0 amide bonds. The van der Waals surface area contributed by atoms with E-state index in [9.17, 15) is 24.9 Å². The number of benzene rings is 1. The largest absolute Gasteiger partial charge is 0.508 e. The number of carbonyl (C=O) groups excluding carboxylic acids is 2. The summed E-state index contributed by atoms with van der Waals surface area (Å²) in [6, 6.07) is 5.85. The van der Waals surface area contributed by atoms with Crippen LogP contribution in [0.25, 0.3) is 0 Å². The summed E-state index contributed by atoms with van der Waals surface area (Å²) in [6.07, 6.45) is 4.41. The van der Waals surface area contributed by atoms with Crippen LogP contribution < -0.4 is 0 Å². The summed E-state index contributed by atoms with van der Waals surface area (Å²) in [5, 5.41) is 32.4. The smallest absolute Gasteiger partial charge is 0.338 e. The van der Waals surface area contributed by atoms with E-state index >= 15 is 0 Å². The molecule has 1 aromatic rings. The molecule has 1 saturated heterocycles. The molecule has 8 heteroatoms. The Balaban J connectivity index is 1.54. The highest BCUT2D eigenvalue weighted by Gasteiger charge is 2.86. The number of esters is 1. The zero-order chi connectivity index (χ0) is 28.2. The summed E-state index contributed by atoms with van der Waals surface area (Å²) in [6.45, 7) is 9.20. The standard InChI is InChI=1S/C31H40O8/c1-18(32)29(36)14-15-31-28(29,5)24(37-25(35)19-6-8-21(33)9-7-19)17-23-27(4)12-11-22(34)16-20(27)10-13-30(23,31)38-26(2,3)39-31/h6-10,22-24,33-34,36H,11-17H2,1-5H3/t22-,23+,24+,27-,28+,29+,30-,31+/m0/s1. The van der Waals surface area contributed by atoms with Gasteiger partial charge in [-0.15, -0.1) is 0 Å². The number of rotatable bonds is 3. The lowest BCUT2D eigenvalue weighted by atomic mass is 9.42. The first-order chi connectivity index (χ1) is 18.1. The molecular weight excluding hydrogens is 500 g/mol. The molecule has 3 N–H and O–H groups in total. The maximum Gasteiger partial charge on any atom is 0.338 e. The Bertz CT molecular complexity index is 1250. The van der Waals surface area contributed by atoms with E-state index in [0.29, 0.717) is 32.1 Å². The van der Waals surface area contributed by atoms with Gasteiger partial charge in [0, 0.05) is 5.92 Å². The number of hydrogen-bond acceptors (Lipinski definition) is 8. The Morgan fingerprint density at radius 2 is 1.72 bits per heavy atom. The number of ketones is 1. The first-order valence-electron chi connectivity index (χ1n) is 14.2. The molecule has 5 aliphatic rings. The number of hydrogen-bond donors (Lipinski definition) is 3. The number of phenolic OH excluding ortho intramolecular Hbond substituents is 1. The second-order valence-corrected chi connectivity index (χ2v) is 13.4. The molecule has 1 aromatic carbocycles. The summed E-state index contributed by atoms with van der Waals surface area (Å²) in [5.74, 6) is -2.06. The molecule has 8 nitrogen and oxygen atoms in total. The maximum absolute atomic E-state index is 13.5. The number of phenols is 1. The number of Topliss-reactive ketones (excluding diaryl/α,β-unsaturated/α-hetero) is 1. The molecule has 212 valence electrons. The Hall–Kier alpha value is -2.26. The minimum atomic E-state index is -1.79. The van der Waals surface area contributed by atoms with Crippen LogP contribution in [0.5, 0.6) is 5.75 Å². The van der Waals surface area contributed by atoms with Crippen molar-refractivity contribution < 1.29 is 39.1 Å². The van der Waals surface area contributed by atoms with Crippen LogP contribution in [-0.2, 0) is 19.0 Å². The third-order valence-electron chi connectivity index (χ3n) is 11.3. The van der Waals surface area contributed by atoms with Gasteiger partial charge >= 0.3 is 5.97 Å². The van der Waals surface area contributed by atoms with Gasteiger partial charge in [-0.05, 0) is 102 Å². The Morgan fingerprint density at radius 1 is 1.03 bits per heavy atom. The maximum atomic E-state index is 13.5. The van der Waals surface area contributed by atoms with Gasteiger partial charge in [0.1, 0.15) is 28.7 Å². The summed E-state index contributed by atoms with van der Waals surface area (Å²) in [4.78, 5) is 26.8. The molecule has 1 heterocycles.